The van der Waals surface area contributed by atoms with E-state index in [4.69, 9.17) is 4.99 Å². The average molecular weight is 409 g/mol. The quantitative estimate of drug-likeness (QED) is 0.693. The second-order valence-electron chi connectivity index (χ2n) is 7.72. The Balaban J connectivity index is 1.36. The summed E-state index contributed by atoms with van der Waals surface area (Å²) in [5.41, 5.74) is 2.60. The summed E-state index contributed by atoms with van der Waals surface area (Å²) in [5.74, 6) is 1.45. The van der Waals surface area contributed by atoms with E-state index in [-0.39, 0.29) is 18.6 Å². The van der Waals surface area contributed by atoms with Gasteiger partial charge in [-0.15, -0.1) is 9.89 Å². The Morgan fingerprint density at radius 3 is 3.00 bits per heavy atom. The summed E-state index contributed by atoms with van der Waals surface area (Å²) in [6.07, 6.45) is 5.10. The minimum absolute atomic E-state index is 0.0428. The van der Waals surface area contributed by atoms with Gasteiger partial charge in [-0.1, -0.05) is 16.6 Å². The molecule has 10 nitrogen and oxygen atoms in total. The number of likely N-dealkylation sites (tertiary alicyclic amines) is 1. The number of rotatable bonds is 2. The zero-order valence-corrected chi connectivity index (χ0v) is 16.4. The van der Waals surface area contributed by atoms with Crippen LogP contribution in [0.25, 0.3) is 0 Å². The highest BCUT2D eigenvalue weighted by Crippen LogP contribution is 2.39. The van der Waals surface area contributed by atoms with E-state index in [1.54, 1.807) is 11.7 Å². The molecular weight excluding hydrogens is 389 g/mol. The van der Waals surface area contributed by atoms with Crippen molar-refractivity contribution >= 4 is 17.4 Å². The van der Waals surface area contributed by atoms with Crippen molar-refractivity contribution in [1.82, 2.24) is 30.1 Å². The maximum Gasteiger partial charge on any atom is 0.220 e. The highest BCUT2D eigenvalue weighted by molar-refractivity contribution is 6.08. The molecule has 0 radical (unpaired) electrons. The third-order valence-corrected chi connectivity index (χ3v) is 5.97. The molecule has 1 unspecified atom stereocenters. The Labute approximate surface area is 171 Å². The summed E-state index contributed by atoms with van der Waals surface area (Å²) in [6, 6.07) is 7.77. The lowest BCUT2D eigenvalue weighted by atomic mass is 10.1. The van der Waals surface area contributed by atoms with Crippen molar-refractivity contribution in [2.24, 2.45) is 4.99 Å². The molecule has 1 saturated heterocycles. The molecule has 4 aliphatic heterocycles. The fraction of sp³-hybridized carbons (Fsp3) is 0.368. The molecule has 2 aromatic rings. The van der Waals surface area contributed by atoms with Gasteiger partial charge in [0, 0.05) is 19.0 Å². The van der Waals surface area contributed by atoms with Crippen molar-refractivity contribution in [2.45, 2.75) is 25.8 Å². The molecule has 1 aromatic carbocycles. The molecule has 0 N–H and O–H groups in total. The first kappa shape index (κ1) is 17.2. The molecule has 0 aliphatic carbocycles. The van der Waals surface area contributed by atoms with E-state index in [1.807, 2.05) is 50.4 Å². The molecule has 0 spiro atoms. The first-order chi connectivity index (χ1) is 14.6. The van der Waals surface area contributed by atoms with Gasteiger partial charge in [-0.3, -0.25) is 4.79 Å². The zero-order chi connectivity index (χ0) is 20.4. The number of benzene rings is 1. The van der Waals surface area contributed by atoms with Crippen molar-refractivity contribution in [3.05, 3.63) is 53.7 Å². The van der Waals surface area contributed by atoms with Crippen LogP contribution in [-0.2, 0) is 4.79 Å². The Kier molecular flexibility index (Phi) is 3.55. The Bertz CT molecular complexity index is 1100. The summed E-state index contributed by atoms with van der Waals surface area (Å²) in [4.78, 5) is 22.0. The third-order valence-electron chi connectivity index (χ3n) is 5.97. The number of aromatic nitrogens is 3. The molecule has 1 atom stereocenters. The number of amides is 1. The van der Waals surface area contributed by atoms with E-state index in [1.165, 1.54) is 6.20 Å². The summed E-state index contributed by atoms with van der Waals surface area (Å²) in [7, 11) is 0. The van der Waals surface area contributed by atoms with Crippen molar-refractivity contribution in [1.29, 1.82) is 0 Å². The predicted octanol–water partition coefficient (Wildman–Crippen LogP) is 1.31. The standard InChI is InChI=1S/C19H20FN9O/c1-13(30)25-8-4-7-17(25)15-9-27(23-22-15)28-11-21-19-14-5-2-3-6-16(14)26-12-24(20)10-18(26)29(19)28/h2-3,5-6,9-10,17H,4,7-8,11-12H2,1H3. The number of para-hydroxylation sites is 1. The number of carbonyl (C=O) groups is 1. The number of nitrogens with zero attached hydrogens (tertiary/aromatic N) is 9. The van der Waals surface area contributed by atoms with Crippen molar-refractivity contribution in [3.63, 3.8) is 0 Å². The van der Waals surface area contributed by atoms with E-state index in [0.717, 1.165) is 42.2 Å². The second kappa shape index (κ2) is 6.18. The van der Waals surface area contributed by atoms with E-state index in [2.05, 4.69) is 10.3 Å². The van der Waals surface area contributed by atoms with Crippen molar-refractivity contribution < 1.29 is 9.28 Å². The monoisotopic (exact) mass is 409 g/mol. The molecule has 5 heterocycles. The van der Waals surface area contributed by atoms with E-state index in [0.29, 0.717) is 17.6 Å². The second-order valence-corrected chi connectivity index (χ2v) is 7.72. The van der Waals surface area contributed by atoms with Gasteiger partial charge in [-0.05, 0) is 30.2 Å². The molecule has 1 fully saturated rings. The van der Waals surface area contributed by atoms with E-state index >= 15 is 0 Å². The Morgan fingerprint density at radius 2 is 2.13 bits per heavy atom. The van der Waals surface area contributed by atoms with Crippen LogP contribution in [-0.4, -0.2) is 61.8 Å². The first-order valence-electron chi connectivity index (χ1n) is 9.95. The Morgan fingerprint density at radius 1 is 1.27 bits per heavy atom. The average Bonchev–Trinajstić information content (AvgIpc) is 3.50. The van der Waals surface area contributed by atoms with Gasteiger partial charge in [0.15, 0.2) is 18.3 Å². The number of fused-ring (bicyclic) bond motifs is 6. The van der Waals surface area contributed by atoms with Crippen LogP contribution in [0.5, 0.6) is 0 Å². The summed E-state index contributed by atoms with van der Waals surface area (Å²) >= 11 is 0. The lowest BCUT2D eigenvalue weighted by molar-refractivity contribution is -0.129. The van der Waals surface area contributed by atoms with Crippen LogP contribution in [0.1, 0.15) is 37.1 Å². The van der Waals surface area contributed by atoms with E-state index in [9.17, 15) is 9.28 Å². The summed E-state index contributed by atoms with van der Waals surface area (Å²) < 4.78 is 14.2. The van der Waals surface area contributed by atoms with Gasteiger partial charge in [0.05, 0.1) is 24.1 Å². The van der Waals surface area contributed by atoms with Crippen LogP contribution in [0.4, 0.5) is 10.2 Å². The van der Waals surface area contributed by atoms with E-state index < -0.39 is 0 Å². The minimum Gasteiger partial charge on any atom is -0.334 e. The van der Waals surface area contributed by atoms with Crippen molar-refractivity contribution in [3.8, 4) is 0 Å². The number of amidine groups is 1. The largest absolute Gasteiger partial charge is 0.334 e. The lowest BCUT2D eigenvalue weighted by Crippen LogP contribution is -2.53. The number of hydrazine groups is 1. The third kappa shape index (κ3) is 2.34. The molecule has 0 bridgehead atoms. The number of anilines is 1. The van der Waals surface area contributed by atoms with Crippen LogP contribution in [0.2, 0.25) is 0 Å². The number of hydrogen-bond donors (Lipinski definition) is 0. The summed E-state index contributed by atoms with van der Waals surface area (Å²) in [6.45, 7) is 2.76. The SMILES string of the molecule is CC(=O)N1CCCC1c1cn(N2CN=C3c4ccccc4N4CN(F)C=C4N32)nn1. The topological polar surface area (TPSA) is 76.3 Å². The number of hydrogen-bond acceptors (Lipinski definition) is 8. The zero-order valence-electron chi connectivity index (χ0n) is 16.4. The van der Waals surface area contributed by atoms with Crippen LogP contribution in [0.15, 0.2) is 47.5 Å². The number of carbonyl (C=O) groups excluding carboxylic acids is 1. The van der Waals surface area contributed by atoms with Crippen LogP contribution >= 0.6 is 0 Å². The highest BCUT2D eigenvalue weighted by Gasteiger charge is 2.43. The highest BCUT2D eigenvalue weighted by atomic mass is 19.2. The maximum atomic E-state index is 14.2. The number of aliphatic imine (C=N–C) groups is 1. The minimum atomic E-state index is -0.0650. The fourth-order valence-electron chi connectivity index (χ4n) is 4.65. The molecule has 1 amide bonds. The molecule has 154 valence electrons. The molecule has 6 rings (SSSR count). The molecule has 0 saturated carbocycles. The maximum absolute atomic E-state index is 14.2. The van der Waals surface area contributed by atoms with Crippen LogP contribution in [0, 0.1) is 0 Å². The normalized spacial score (nSPS) is 22.2. The fourth-order valence-corrected chi connectivity index (χ4v) is 4.65. The molecule has 1 aromatic heterocycles. The number of halogens is 1. The molecule has 30 heavy (non-hydrogen) atoms. The van der Waals surface area contributed by atoms with Gasteiger partial charge in [-0.2, -0.15) is 15.2 Å². The Hall–Kier alpha value is -3.63. The van der Waals surface area contributed by atoms with Gasteiger partial charge in [0.1, 0.15) is 12.4 Å². The lowest BCUT2D eigenvalue weighted by Gasteiger charge is -2.39. The molecule has 4 aliphatic rings. The van der Waals surface area contributed by atoms with Gasteiger partial charge in [-0.25, -0.2) is 4.99 Å². The van der Waals surface area contributed by atoms with Gasteiger partial charge >= 0.3 is 0 Å². The van der Waals surface area contributed by atoms with Gasteiger partial charge in [0.25, 0.3) is 0 Å². The predicted molar refractivity (Wildman–Crippen MR) is 106 cm³/mol. The molecular formula is C19H20FN9O. The summed E-state index contributed by atoms with van der Waals surface area (Å²) in [5, 5.41) is 13.0. The van der Waals surface area contributed by atoms with Gasteiger partial charge in [0.2, 0.25) is 5.91 Å². The molecule has 11 heteroatoms. The first-order valence-corrected chi connectivity index (χ1v) is 9.95. The van der Waals surface area contributed by atoms with Crippen LogP contribution in [0.3, 0.4) is 0 Å². The van der Waals surface area contributed by atoms with Gasteiger partial charge < -0.3 is 9.80 Å². The van der Waals surface area contributed by atoms with Crippen molar-refractivity contribution in [2.75, 3.05) is 29.9 Å². The smallest absolute Gasteiger partial charge is 0.220 e. The van der Waals surface area contributed by atoms with Crippen LogP contribution < -0.4 is 10.0 Å².